The fourth-order valence-electron chi connectivity index (χ4n) is 1.70. The zero-order chi connectivity index (χ0) is 12.1. The van der Waals surface area contributed by atoms with Crippen LogP contribution in [-0.4, -0.2) is 11.1 Å². The maximum Gasteiger partial charge on any atom is 0.307 e. The second-order valence-electron chi connectivity index (χ2n) is 4.33. The third-order valence-electron chi connectivity index (χ3n) is 2.68. The zero-order valence-electron chi connectivity index (χ0n) is 10.6. The number of aliphatic carboxylic acids is 1. The molecule has 0 bridgehead atoms. The Bertz CT molecular complexity index is 185. The van der Waals surface area contributed by atoms with Crippen molar-refractivity contribution in [2.45, 2.75) is 71.1 Å². The lowest BCUT2D eigenvalue weighted by atomic mass is 10.1. The van der Waals surface area contributed by atoms with Gasteiger partial charge in [-0.05, 0) is 12.8 Å². The summed E-state index contributed by atoms with van der Waals surface area (Å²) in [5, 5.41) is 8.41. The molecule has 0 saturated carbocycles. The molecule has 2 heteroatoms. The second-order valence-corrected chi connectivity index (χ2v) is 4.33. The van der Waals surface area contributed by atoms with E-state index in [2.05, 4.69) is 6.92 Å². The molecule has 0 heterocycles. The van der Waals surface area contributed by atoms with E-state index in [1.165, 1.54) is 51.4 Å². The number of carboxylic acids is 1. The van der Waals surface area contributed by atoms with Crippen molar-refractivity contribution in [3.05, 3.63) is 12.2 Å². The average Bonchev–Trinajstić information content (AvgIpc) is 2.25. The lowest BCUT2D eigenvalue weighted by Gasteiger charge is -1.99. The minimum atomic E-state index is -0.743. The van der Waals surface area contributed by atoms with Gasteiger partial charge in [-0.25, -0.2) is 0 Å². The van der Waals surface area contributed by atoms with Crippen molar-refractivity contribution in [3.8, 4) is 0 Å². The molecule has 0 aromatic rings. The first kappa shape index (κ1) is 15.2. The number of carboxylic acid groups (broad SMARTS) is 1. The van der Waals surface area contributed by atoms with Gasteiger partial charge < -0.3 is 5.11 Å². The Labute approximate surface area is 99.7 Å². The van der Waals surface area contributed by atoms with Crippen LogP contribution in [0.5, 0.6) is 0 Å². The van der Waals surface area contributed by atoms with E-state index in [0.717, 1.165) is 6.42 Å². The molecule has 0 saturated heterocycles. The Hall–Kier alpha value is -0.790. The van der Waals surface area contributed by atoms with Gasteiger partial charge in [0.1, 0.15) is 0 Å². The molecule has 16 heavy (non-hydrogen) atoms. The standard InChI is InChI=1S/C14H26O2/c1-2-3-4-5-6-7-8-9-10-11-12-13-14(15)16/h11-12H,2-10,13H2,1H3,(H,15,16)/b12-11-. The lowest BCUT2D eigenvalue weighted by molar-refractivity contribution is -0.136. The number of unbranched alkanes of at least 4 members (excludes halogenated alkanes) is 8. The second kappa shape index (κ2) is 12.3. The Balaban J connectivity index is 3.03. The van der Waals surface area contributed by atoms with Crippen LogP contribution in [-0.2, 0) is 4.79 Å². The monoisotopic (exact) mass is 226 g/mol. The zero-order valence-corrected chi connectivity index (χ0v) is 10.6. The Kier molecular flexibility index (Phi) is 11.7. The lowest BCUT2D eigenvalue weighted by Crippen LogP contribution is -1.89. The molecule has 0 unspecified atom stereocenters. The fourth-order valence-corrected chi connectivity index (χ4v) is 1.70. The third-order valence-corrected chi connectivity index (χ3v) is 2.68. The summed E-state index contributed by atoms with van der Waals surface area (Å²) in [5.74, 6) is -0.743. The van der Waals surface area contributed by atoms with Gasteiger partial charge in [-0.2, -0.15) is 0 Å². The molecule has 0 aliphatic carbocycles. The SMILES string of the molecule is CCCCCCCCCC/C=C\CC(=O)O. The van der Waals surface area contributed by atoms with Crippen LogP contribution < -0.4 is 0 Å². The van der Waals surface area contributed by atoms with Crippen LogP contribution >= 0.6 is 0 Å². The Morgan fingerprint density at radius 1 is 0.938 bits per heavy atom. The van der Waals surface area contributed by atoms with Crippen molar-refractivity contribution < 1.29 is 9.90 Å². The maximum absolute atomic E-state index is 10.2. The summed E-state index contributed by atoms with van der Waals surface area (Å²) < 4.78 is 0. The maximum atomic E-state index is 10.2. The molecule has 0 aliphatic heterocycles. The molecule has 2 nitrogen and oxygen atoms in total. The van der Waals surface area contributed by atoms with Crippen LogP contribution in [0.15, 0.2) is 12.2 Å². The van der Waals surface area contributed by atoms with Gasteiger partial charge in [-0.3, -0.25) is 4.79 Å². The van der Waals surface area contributed by atoms with E-state index in [0.29, 0.717) is 0 Å². The van der Waals surface area contributed by atoms with E-state index in [1.54, 1.807) is 6.08 Å². The van der Waals surface area contributed by atoms with Crippen molar-refractivity contribution >= 4 is 5.97 Å². The molecule has 0 fully saturated rings. The molecule has 0 aliphatic rings. The number of hydrogen-bond donors (Lipinski definition) is 1. The van der Waals surface area contributed by atoms with E-state index in [4.69, 9.17) is 5.11 Å². The normalized spacial score (nSPS) is 11.1. The molecule has 0 amide bonds. The molecule has 0 spiro atoms. The van der Waals surface area contributed by atoms with Gasteiger partial charge in [0.05, 0.1) is 6.42 Å². The predicted molar refractivity (Wildman–Crippen MR) is 68.6 cm³/mol. The van der Waals surface area contributed by atoms with Crippen molar-refractivity contribution in [2.24, 2.45) is 0 Å². The Morgan fingerprint density at radius 2 is 1.50 bits per heavy atom. The topological polar surface area (TPSA) is 37.3 Å². The highest BCUT2D eigenvalue weighted by Gasteiger charge is 1.91. The van der Waals surface area contributed by atoms with Gasteiger partial charge in [0.25, 0.3) is 0 Å². The highest BCUT2D eigenvalue weighted by molar-refractivity contribution is 5.68. The third kappa shape index (κ3) is 13.2. The van der Waals surface area contributed by atoms with Crippen molar-refractivity contribution in [1.29, 1.82) is 0 Å². The van der Waals surface area contributed by atoms with Crippen LogP contribution in [0.3, 0.4) is 0 Å². The van der Waals surface area contributed by atoms with Gasteiger partial charge in [-0.15, -0.1) is 0 Å². The van der Waals surface area contributed by atoms with Crippen LogP contribution in [0.4, 0.5) is 0 Å². The first-order chi connectivity index (χ1) is 7.77. The number of carbonyl (C=O) groups is 1. The molecular weight excluding hydrogens is 200 g/mol. The highest BCUT2D eigenvalue weighted by Crippen LogP contribution is 2.09. The smallest absolute Gasteiger partial charge is 0.307 e. The summed E-state index contributed by atoms with van der Waals surface area (Å²) in [4.78, 5) is 10.2. The van der Waals surface area contributed by atoms with E-state index in [1.807, 2.05) is 6.08 Å². The van der Waals surface area contributed by atoms with Crippen LogP contribution in [0, 0.1) is 0 Å². The quantitative estimate of drug-likeness (QED) is 0.414. The van der Waals surface area contributed by atoms with Crippen LogP contribution in [0.25, 0.3) is 0 Å². The van der Waals surface area contributed by atoms with E-state index < -0.39 is 5.97 Å². The van der Waals surface area contributed by atoms with Crippen LogP contribution in [0.1, 0.15) is 71.1 Å². The van der Waals surface area contributed by atoms with E-state index in [9.17, 15) is 4.79 Å². The average molecular weight is 226 g/mol. The molecule has 0 aromatic heterocycles. The highest BCUT2D eigenvalue weighted by atomic mass is 16.4. The minimum Gasteiger partial charge on any atom is -0.481 e. The summed E-state index contributed by atoms with van der Waals surface area (Å²) in [6, 6.07) is 0. The summed E-state index contributed by atoms with van der Waals surface area (Å²) in [5.41, 5.74) is 0. The molecule has 0 radical (unpaired) electrons. The Morgan fingerprint density at radius 3 is 2.06 bits per heavy atom. The number of hydrogen-bond acceptors (Lipinski definition) is 1. The number of rotatable bonds is 11. The largest absolute Gasteiger partial charge is 0.481 e. The summed E-state index contributed by atoms with van der Waals surface area (Å²) in [6.45, 7) is 2.24. The van der Waals surface area contributed by atoms with Gasteiger partial charge in [0.15, 0.2) is 0 Å². The first-order valence-electron chi connectivity index (χ1n) is 6.64. The van der Waals surface area contributed by atoms with Gasteiger partial charge in [0, 0.05) is 0 Å². The summed E-state index contributed by atoms with van der Waals surface area (Å²) in [6.07, 6.45) is 15.6. The van der Waals surface area contributed by atoms with Crippen LogP contribution in [0.2, 0.25) is 0 Å². The molecule has 0 atom stereocenters. The van der Waals surface area contributed by atoms with Crippen molar-refractivity contribution in [3.63, 3.8) is 0 Å². The summed E-state index contributed by atoms with van der Waals surface area (Å²) in [7, 11) is 0. The fraction of sp³-hybridized carbons (Fsp3) is 0.786. The molecule has 1 N–H and O–H groups in total. The molecule has 0 aromatic carbocycles. The van der Waals surface area contributed by atoms with Crippen molar-refractivity contribution in [2.75, 3.05) is 0 Å². The molecular formula is C14H26O2. The predicted octanol–water partition coefficient (Wildman–Crippen LogP) is 4.55. The number of allylic oxidation sites excluding steroid dienone is 1. The van der Waals surface area contributed by atoms with Gasteiger partial charge in [0.2, 0.25) is 0 Å². The first-order valence-corrected chi connectivity index (χ1v) is 6.64. The van der Waals surface area contributed by atoms with Gasteiger partial charge in [-0.1, -0.05) is 64.0 Å². The molecule has 0 rings (SSSR count). The summed E-state index contributed by atoms with van der Waals surface area (Å²) >= 11 is 0. The van der Waals surface area contributed by atoms with Crippen molar-refractivity contribution in [1.82, 2.24) is 0 Å². The molecule has 94 valence electrons. The minimum absolute atomic E-state index is 0.164. The van der Waals surface area contributed by atoms with E-state index >= 15 is 0 Å². The van der Waals surface area contributed by atoms with Gasteiger partial charge >= 0.3 is 5.97 Å². The van der Waals surface area contributed by atoms with E-state index in [-0.39, 0.29) is 6.42 Å².